The molecule has 0 saturated heterocycles. The van der Waals surface area contributed by atoms with Crippen LogP contribution in [0, 0.1) is 0 Å². The number of ketones is 1. The van der Waals surface area contributed by atoms with Gasteiger partial charge in [0.1, 0.15) is 22.8 Å². The molecule has 0 radical (unpaired) electrons. The maximum atomic E-state index is 12.7. The molecule has 0 bridgehead atoms. The van der Waals surface area contributed by atoms with Gasteiger partial charge in [-0.25, -0.2) is 0 Å². The third-order valence-electron chi connectivity index (χ3n) is 4.25. The van der Waals surface area contributed by atoms with Crippen molar-refractivity contribution < 1.29 is 13.9 Å². The predicted molar refractivity (Wildman–Crippen MR) is 88.1 cm³/mol. The molecule has 1 aromatic carbocycles. The number of ether oxygens (including phenoxy) is 1. The summed E-state index contributed by atoms with van der Waals surface area (Å²) in [5.41, 5.74) is 0.465. The number of carbonyl (C=O) groups excluding carboxylic acids is 1. The summed E-state index contributed by atoms with van der Waals surface area (Å²) in [5, 5.41) is 0. The topological polar surface area (TPSA) is 56.5 Å². The summed E-state index contributed by atoms with van der Waals surface area (Å²) in [6.07, 6.45) is 0. The van der Waals surface area contributed by atoms with Gasteiger partial charge in [-0.05, 0) is 20.8 Å². The van der Waals surface area contributed by atoms with Crippen LogP contribution in [0.4, 0.5) is 0 Å². The van der Waals surface area contributed by atoms with Crippen molar-refractivity contribution in [1.29, 1.82) is 0 Å². The Kier molecular flexibility index (Phi) is 3.48. The zero-order valence-electron chi connectivity index (χ0n) is 13.6. The first-order valence-corrected chi connectivity index (χ1v) is 7.42. The SMILES string of the molecule is COC1=C(C)C(=O)C(C)(C)c2oc(-c3ccccc3)cc(=O)c21. The van der Waals surface area contributed by atoms with Crippen LogP contribution in [0.15, 0.2) is 51.2 Å². The highest BCUT2D eigenvalue weighted by molar-refractivity contribution is 6.10. The van der Waals surface area contributed by atoms with E-state index < -0.39 is 5.41 Å². The molecular formula is C19H18O4. The maximum Gasteiger partial charge on any atom is 0.196 e. The van der Waals surface area contributed by atoms with Gasteiger partial charge < -0.3 is 9.15 Å². The quantitative estimate of drug-likeness (QED) is 0.851. The van der Waals surface area contributed by atoms with Crippen molar-refractivity contribution in [3.63, 3.8) is 0 Å². The average molecular weight is 310 g/mol. The molecule has 23 heavy (non-hydrogen) atoms. The van der Waals surface area contributed by atoms with Crippen LogP contribution in [-0.4, -0.2) is 12.9 Å². The molecule has 0 fully saturated rings. The smallest absolute Gasteiger partial charge is 0.196 e. The zero-order chi connectivity index (χ0) is 16.8. The number of Topliss-reactive ketones (excluding diaryl/α,β-unsaturated/α-hetero) is 1. The highest BCUT2D eigenvalue weighted by atomic mass is 16.5. The van der Waals surface area contributed by atoms with E-state index >= 15 is 0 Å². The van der Waals surface area contributed by atoms with Crippen molar-refractivity contribution in [2.75, 3.05) is 7.11 Å². The molecule has 118 valence electrons. The van der Waals surface area contributed by atoms with Crippen molar-refractivity contribution in [3.05, 3.63) is 63.5 Å². The first-order chi connectivity index (χ1) is 10.9. The fraction of sp³-hybridized carbons (Fsp3) is 0.263. The van der Waals surface area contributed by atoms with Crippen LogP contribution < -0.4 is 5.43 Å². The van der Waals surface area contributed by atoms with Crippen LogP contribution in [0.3, 0.4) is 0 Å². The van der Waals surface area contributed by atoms with Gasteiger partial charge in [-0.1, -0.05) is 30.3 Å². The standard InChI is InChI=1S/C19H18O4/c1-11-16(22-4)15-13(20)10-14(12-8-6-5-7-9-12)23-18(15)19(2,3)17(11)21/h5-10H,1-4H3. The Morgan fingerprint density at radius 1 is 1.09 bits per heavy atom. The monoisotopic (exact) mass is 310 g/mol. The lowest BCUT2D eigenvalue weighted by Gasteiger charge is -2.30. The van der Waals surface area contributed by atoms with E-state index in [4.69, 9.17) is 9.15 Å². The van der Waals surface area contributed by atoms with E-state index in [-0.39, 0.29) is 11.2 Å². The molecule has 1 heterocycles. The highest BCUT2D eigenvalue weighted by Crippen LogP contribution is 2.40. The minimum absolute atomic E-state index is 0.102. The van der Waals surface area contributed by atoms with Crippen LogP contribution in [0.1, 0.15) is 32.1 Å². The van der Waals surface area contributed by atoms with E-state index in [0.29, 0.717) is 28.4 Å². The zero-order valence-corrected chi connectivity index (χ0v) is 13.6. The molecular weight excluding hydrogens is 292 g/mol. The lowest BCUT2D eigenvalue weighted by molar-refractivity contribution is -0.120. The molecule has 4 nitrogen and oxygen atoms in total. The average Bonchev–Trinajstić information content (AvgIpc) is 2.55. The summed E-state index contributed by atoms with van der Waals surface area (Å²) in [7, 11) is 1.46. The van der Waals surface area contributed by atoms with Crippen LogP contribution in [0.25, 0.3) is 17.1 Å². The van der Waals surface area contributed by atoms with Gasteiger partial charge in [0.15, 0.2) is 11.2 Å². The van der Waals surface area contributed by atoms with Crippen molar-refractivity contribution in [3.8, 4) is 11.3 Å². The number of fused-ring (bicyclic) bond motifs is 1. The summed E-state index contributed by atoms with van der Waals surface area (Å²) >= 11 is 0. The van der Waals surface area contributed by atoms with Crippen LogP contribution >= 0.6 is 0 Å². The number of hydrogen-bond acceptors (Lipinski definition) is 4. The Bertz CT molecular complexity index is 870. The van der Waals surface area contributed by atoms with Crippen molar-refractivity contribution in [2.45, 2.75) is 26.2 Å². The van der Waals surface area contributed by atoms with Crippen molar-refractivity contribution in [1.82, 2.24) is 0 Å². The lowest BCUT2D eigenvalue weighted by Crippen LogP contribution is -2.37. The van der Waals surface area contributed by atoms with Gasteiger partial charge in [0.05, 0.1) is 12.5 Å². The summed E-state index contributed by atoms with van der Waals surface area (Å²) in [4.78, 5) is 25.3. The minimum atomic E-state index is -0.911. The third kappa shape index (κ3) is 2.22. The molecule has 1 aliphatic rings. The molecule has 1 aliphatic carbocycles. The Hall–Kier alpha value is -2.62. The van der Waals surface area contributed by atoms with E-state index in [9.17, 15) is 9.59 Å². The molecule has 1 aromatic heterocycles. The fourth-order valence-corrected chi connectivity index (χ4v) is 3.01. The van der Waals surface area contributed by atoms with Gasteiger partial charge >= 0.3 is 0 Å². The third-order valence-corrected chi connectivity index (χ3v) is 4.25. The molecule has 0 spiro atoms. The second-order valence-electron chi connectivity index (χ2n) is 6.16. The summed E-state index contributed by atoms with van der Waals surface area (Å²) < 4.78 is 11.3. The highest BCUT2D eigenvalue weighted by Gasteiger charge is 2.43. The number of hydrogen-bond donors (Lipinski definition) is 0. The molecule has 3 rings (SSSR count). The summed E-state index contributed by atoms with van der Waals surface area (Å²) in [6, 6.07) is 10.8. The molecule has 0 unspecified atom stereocenters. The number of allylic oxidation sites excluding steroid dienone is 1. The van der Waals surface area contributed by atoms with Gasteiger partial charge in [-0.3, -0.25) is 9.59 Å². The lowest BCUT2D eigenvalue weighted by atomic mass is 9.75. The minimum Gasteiger partial charge on any atom is -0.495 e. The molecule has 0 saturated carbocycles. The van der Waals surface area contributed by atoms with Gasteiger partial charge in [-0.2, -0.15) is 0 Å². The molecule has 0 N–H and O–H groups in total. The Labute approximate surface area is 134 Å². The normalized spacial score (nSPS) is 16.3. The Morgan fingerprint density at radius 2 is 1.74 bits per heavy atom. The molecule has 0 atom stereocenters. The largest absolute Gasteiger partial charge is 0.495 e. The van der Waals surface area contributed by atoms with Gasteiger partial charge in [0, 0.05) is 17.2 Å². The van der Waals surface area contributed by atoms with Crippen LogP contribution in [-0.2, 0) is 14.9 Å². The van der Waals surface area contributed by atoms with Gasteiger partial charge in [0.2, 0.25) is 0 Å². The summed E-state index contributed by atoms with van der Waals surface area (Å²) in [6.45, 7) is 5.21. The van der Waals surface area contributed by atoms with Crippen molar-refractivity contribution >= 4 is 11.5 Å². The summed E-state index contributed by atoms with van der Waals surface area (Å²) in [5.74, 6) is 1.01. The van der Waals surface area contributed by atoms with E-state index in [2.05, 4.69) is 0 Å². The van der Waals surface area contributed by atoms with Crippen molar-refractivity contribution in [2.24, 2.45) is 0 Å². The number of rotatable bonds is 2. The first kappa shape index (κ1) is 15.3. The number of methoxy groups -OCH3 is 1. The Balaban J connectivity index is 2.35. The van der Waals surface area contributed by atoms with Crippen LogP contribution in [0.5, 0.6) is 0 Å². The molecule has 0 amide bonds. The second-order valence-corrected chi connectivity index (χ2v) is 6.16. The molecule has 2 aromatic rings. The number of benzene rings is 1. The predicted octanol–water partition coefficient (Wildman–Crippen LogP) is 3.54. The second kappa shape index (κ2) is 5.23. The first-order valence-electron chi connectivity index (χ1n) is 7.42. The van der Waals surface area contributed by atoms with E-state index in [1.165, 1.54) is 13.2 Å². The van der Waals surface area contributed by atoms with Gasteiger partial charge in [-0.15, -0.1) is 0 Å². The maximum absolute atomic E-state index is 12.7. The van der Waals surface area contributed by atoms with Gasteiger partial charge in [0.25, 0.3) is 0 Å². The molecule has 4 heteroatoms. The van der Waals surface area contributed by atoms with E-state index in [1.54, 1.807) is 20.8 Å². The number of carbonyl (C=O) groups is 1. The van der Waals surface area contributed by atoms with Crippen LogP contribution in [0.2, 0.25) is 0 Å². The Morgan fingerprint density at radius 3 is 2.35 bits per heavy atom. The molecule has 0 aliphatic heterocycles. The fourth-order valence-electron chi connectivity index (χ4n) is 3.01. The van der Waals surface area contributed by atoms with E-state index in [1.807, 2.05) is 30.3 Å². The van der Waals surface area contributed by atoms with E-state index in [0.717, 1.165) is 5.56 Å².